The van der Waals surface area contributed by atoms with E-state index in [1.807, 2.05) is 47.4 Å². The minimum Gasteiger partial charge on any atom is -0.497 e. The molecule has 2 aromatic rings. The number of hydrogen-bond donors (Lipinski definition) is 1. The van der Waals surface area contributed by atoms with E-state index in [2.05, 4.69) is 36.5 Å². The lowest BCUT2D eigenvalue weighted by Crippen LogP contribution is -2.52. The maximum Gasteiger partial charge on any atom is 0.238 e. The number of anilines is 1. The highest BCUT2D eigenvalue weighted by Gasteiger charge is 2.39. The fourth-order valence-electron chi connectivity index (χ4n) is 3.53. The van der Waals surface area contributed by atoms with Crippen molar-refractivity contribution in [1.29, 1.82) is 0 Å². The lowest BCUT2D eigenvalue weighted by Gasteiger charge is -2.42. The summed E-state index contributed by atoms with van der Waals surface area (Å²) in [7, 11) is 1.64. The van der Waals surface area contributed by atoms with Gasteiger partial charge in [0.25, 0.3) is 0 Å². The molecule has 0 saturated carbocycles. The number of rotatable bonds is 3. The van der Waals surface area contributed by atoms with Crippen molar-refractivity contribution in [2.45, 2.75) is 19.5 Å². The van der Waals surface area contributed by atoms with Crippen molar-refractivity contribution in [2.24, 2.45) is 5.92 Å². The predicted molar refractivity (Wildman–Crippen MR) is 103 cm³/mol. The number of fused-ring (bicyclic) bond motifs is 1. The topological polar surface area (TPSA) is 41.6 Å². The van der Waals surface area contributed by atoms with E-state index in [9.17, 15) is 4.79 Å². The Morgan fingerprint density at radius 1 is 1.08 bits per heavy atom. The van der Waals surface area contributed by atoms with E-state index >= 15 is 0 Å². The Morgan fingerprint density at radius 3 is 2.50 bits per heavy atom. The Bertz CT molecular complexity index is 866. The molecule has 1 fully saturated rings. The fraction of sp³-hybridized carbons (Fsp3) is 0.227. The van der Waals surface area contributed by atoms with E-state index in [1.54, 1.807) is 7.11 Å². The first-order valence-corrected chi connectivity index (χ1v) is 8.84. The normalized spacial score (nSPS) is 21.7. The number of hydrogen-bond acceptors (Lipinski definition) is 3. The van der Waals surface area contributed by atoms with E-state index in [4.69, 9.17) is 4.74 Å². The number of aryl methyl sites for hydroxylation is 1. The van der Waals surface area contributed by atoms with Gasteiger partial charge in [-0.25, -0.2) is 0 Å². The van der Waals surface area contributed by atoms with Crippen LogP contribution in [-0.2, 0) is 4.79 Å². The minimum absolute atomic E-state index is 0.120. The molecule has 2 atom stereocenters. The van der Waals surface area contributed by atoms with Crippen molar-refractivity contribution in [3.05, 3.63) is 83.6 Å². The van der Waals surface area contributed by atoms with Crippen LogP contribution in [0.1, 0.15) is 23.7 Å². The molecule has 2 aliphatic rings. The highest BCUT2D eigenvalue weighted by Crippen LogP contribution is 2.37. The molecule has 1 aliphatic carbocycles. The second-order valence-corrected chi connectivity index (χ2v) is 6.70. The van der Waals surface area contributed by atoms with Crippen LogP contribution in [0.15, 0.2) is 72.5 Å². The molecule has 1 aliphatic heterocycles. The van der Waals surface area contributed by atoms with Gasteiger partial charge in [-0.2, -0.15) is 0 Å². The highest BCUT2D eigenvalue weighted by molar-refractivity contribution is 5.99. The summed E-state index contributed by atoms with van der Waals surface area (Å²) in [6.07, 6.45) is 6.57. The molecule has 1 heterocycles. The summed E-state index contributed by atoms with van der Waals surface area (Å²) in [5.41, 5.74) is 4.12. The van der Waals surface area contributed by atoms with E-state index < -0.39 is 0 Å². The summed E-state index contributed by atoms with van der Waals surface area (Å²) in [6, 6.07) is 16.0. The van der Waals surface area contributed by atoms with Crippen molar-refractivity contribution in [3.8, 4) is 5.75 Å². The summed E-state index contributed by atoms with van der Waals surface area (Å²) in [5.74, 6) is 0.748. The largest absolute Gasteiger partial charge is 0.497 e. The van der Waals surface area contributed by atoms with Crippen molar-refractivity contribution >= 4 is 11.6 Å². The van der Waals surface area contributed by atoms with Crippen molar-refractivity contribution in [3.63, 3.8) is 0 Å². The van der Waals surface area contributed by atoms with Gasteiger partial charge in [0.05, 0.1) is 13.0 Å². The van der Waals surface area contributed by atoms with Gasteiger partial charge in [0.1, 0.15) is 11.9 Å². The van der Waals surface area contributed by atoms with Gasteiger partial charge >= 0.3 is 0 Å². The number of methoxy groups -OCH3 is 1. The van der Waals surface area contributed by atoms with Gasteiger partial charge < -0.3 is 10.1 Å². The van der Waals surface area contributed by atoms with E-state index in [1.165, 1.54) is 5.56 Å². The number of benzene rings is 2. The SMILES string of the molecule is COc1ccc(N2C(=O)[C@@H]3CC=CC=C3N[C@@H]2c2ccc(C)cc2)cc1. The number of allylic oxidation sites excluding steroid dienone is 3. The molecule has 1 saturated heterocycles. The molecule has 2 aromatic carbocycles. The van der Waals surface area contributed by atoms with Gasteiger partial charge in [0.15, 0.2) is 0 Å². The molecule has 26 heavy (non-hydrogen) atoms. The Labute approximate surface area is 153 Å². The van der Waals surface area contributed by atoms with Crippen LogP contribution in [0.2, 0.25) is 0 Å². The number of nitrogens with one attached hydrogen (secondary N) is 1. The first-order valence-electron chi connectivity index (χ1n) is 8.84. The van der Waals surface area contributed by atoms with E-state index in [0.717, 1.165) is 29.1 Å². The number of carbonyl (C=O) groups is 1. The van der Waals surface area contributed by atoms with Gasteiger partial charge in [-0.3, -0.25) is 9.69 Å². The van der Waals surface area contributed by atoms with Crippen molar-refractivity contribution < 1.29 is 9.53 Å². The third-order valence-electron chi connectivity index (χ3n) is 5.00. The van der Waals surface area contributed by atoms with E-state index in [0.29, 0.717) is 0 Å². The molecule has 0 unspecified atom stereocenters. The lowest BCUT2D eigenvalue weighted by molar-refractivity contribution is -0.123. The summed E-state index contributed by atoms with van der Waals surface area (Å²) in [5, 5.41) is 3.58. The predicted octanol–water partition coefficient (Wildman–Crippen LogP) is 4.10. The first kappa shape index (κ1) is 16.5. The van der Waals surface area contributed by atoms with Crippen molar-refractivity contribution in [1.82, 2.24) is 5.32 Å². The Hall–Kier alpha value is -3.01. The average Bonchev–Trinajstić information content (AvgIpc) is 2.69. The van der Waals surface area contributed by atoms with Crippen LogP contribution in [0.3, 0.4) is 0 Å². The summed E-state index contributed by atoms with van der Waals surface area (Å²) in [6.45, 7) is 2.06. The smallest absolute Gasteiger partial charge is 0.238 e. The molecule has 4 nitrogen and oxygen atoms in total. The second kappa shape index (κ2) is 6.71. The maximum absolute atomic E-state index is 13.3. The Morgan fingerprint density at radius 2 is 1.81 bits per heavy atom. The van der Waals surface area contributed by atoms with Gasteiger partial charge in [-0.15, -0.1) is 0 Å². The van der Waals surface area contributed by atoms with Crippen LogP contribution in [0, 0.1) is 12.8 Å². The van der Waals surface area contributed by atoms with Gasteiger partial charge in [0, 0.05) is 11.4 Å². The summed E-state index contributed by atoms with van der Waals surface area (Å²) >= 11 is 0. The molecular weight excluding hydrogens is 324 g/mol. The average molecular weight is 346 g/mol. The lowest BCUT2D eigenvalue weighted by atomic mass is 9.90. The van der Waals surface area contributed by atoms with Gasteiger partial charge in [-0.1, -0.05) is 42.0 Å². The van der Waals surface area contributed by atoms with E-state index in [-0.39, 0.29) is 18.0 Å². The highest BCUT2D eigenvalue weighted by atomic mass is 16.5. The minimum atomic E-state index is -0.231. The standard InChI is InChI=1S/C22H22N2O2/c1-15-7-9-16(10-8-15)21-23-20-6-4-3-5-19(20)22(25)24(21)17-11-13-18(26-2)14-12-17/h3-4,6-14,19,21,23H,5H2,1-2H3/t19-,21+/m1/s1. The Balaban J connectivity index is 1.77. The molecule has 132 valence electrons. The number of amides is 1. The zero-order valence-corrected chi connectivity index (χ0v) is 15.0. The number of nitrogens with zero attached hydrogens (tertiary/aromatic N) is 1. The zero-order chi connectivity index (χ0) is 18.1. The number of ether oxygens (including phenoxy) is 1. The fourth-order valence-corrected chi connectivity index (χ4v) is 3.53. The van der Waals surface area contributed by atoms with Crippen LogP contribution in [-0.4, -0.2) is 13.0 Å². The molecular formula is C22H22N2O2. The zero-order valence-electron chi connectivity index (χ0n) is 15.0. The molecule has 1 N–H and O–H groups in total. The van der Waals surface area contributed by atoms with Crippen molar-refractivity contribution in [2.75, 3.05) is 12.0 Å². The molecule has 0 radical (unpaired) electrons. The molecule has 0 bridgehead atoms. The monoisotopic (exact) mass is 346 g/mol. The van der Waals surface area contributed by atoms with Gasteiger partial charge in [-0.05, 0) is 49.2 Å². The molecule has 1 amide bonds. The van der Waals surface area contributed by atoms with Crippen LogP contribution >= 0.6 is 0 Å². The maximum atomic E-state index is 13.3. The van der Waals surface area contributed by atoms with Crippen LogP contribution in [0.4, 0.5) is 5.69 Å². The first-order chi connectivity index (χ1) is 12.7. The molecule has 0 aromatic heterocycles. The third kappa shape index (κ3) is 2.88. The third-order valence-corrected chi connectivity index (χ3v) is 5.00. The molecule has 4 rings (SSSR count). The van der Waals surface area contributed by atoms with Crippen LogP contribution in [0.25, 0.3) is 0 Å². The summed E-state index contributed by atoms with van der Waals surface area (Å²) in [4.78, 5) is 15.2. The van der Waals surface area contributed by atoms with Gasteiger partial charge in [0.2, 0.25) is 5.91 Å². The Kier molecular flexibility index (Phi) is 4.25. The van der Waals surface area contributed by atoms with Crippen LogP contribution in [0.5, 0.6) is 5.75 Å². The molecule has 4 heteroatoms. The quantitative estimate of drug-likeness (QED) is 0.910. The molecule has 0 spiro atoms. The number of carbonyl (C=O) groups excluding carboxylic acids is 1. The van der Waals surface area contributed by atoms with Crippen LogP contribution < -0.4 is 15.0 Å². The second-order valence-electron chi connectivity index (χ2n) is 6.70. The summed E-state index contributed by atoms with van der Waals surface area (Å²) < 4.78 is 5.26.